The Morgan fingerprint density at radius 2 is 1.77 bits per heavy atom. The highest BCUT2D eigenvalue weighted by atomic mass is 79.9. The molecule has 1 aliphatic rings. The van der Waals surface area contributed by atoms with Crippen LogP contribution < -0.4 is 4.74 Å². The van der Waals surface area contributed by atoms with E-state index < -0.39 is 5.97 Å². The van der Waals surface area contributed by atoms with Gasteiger partial charge in [0.05, 0.1) is 8.95 Å². The molecule has 7 heteroatoms. The van der Waals surface area contributed by atoms with Crippen molar-refractivity contribution in [2.75, 3.05) is 0 Å². The van der Waals surface area contributed by atoms with Gasteiger partial charge in [0.15, 0.2) is 5.70 Å². The Bertz CT molecular complexity index is 1200. The fraction of sp³-hybridized carbons (Fsp3) is 0.0833. The Morgan fingerprint density at radius 1 is 1.06 bits per heavy atom. The van der Waals surface area contributed by atoms with Crippen molar-refractivity contribution in [1.29, 1.82) is 0 Å². The maximum atomic E-state index is 12.3. The molecule has 156 valence electrons. The molecule has 0 unspecified atom stereocenters. The number of hydrogen-bond acceptors (Lipinski definition) is 4. The lowest BCUT2D eigenvalue weighted by Crippen LogP contribution is -2.05. The van der Waals surface area contributed by atoms with Gasteiger partial charge in [0.2, 0.25) is 5.90 Å². The van der Waals surface area contributed by atoms with Gasteiger partial charge in [0, 0.05) is 10.6 Å². The van der Waals surface area contributed by atoms with Crippen molar-refractivity contribution < 1.29 is 14.3 Å². The van der Waals surface area contributed by atoms with Gasteiger partial charge < -0.3 is 9.47 Å². The largest absolute Gasteiger partial charge is 0.487 e. The average molecular weight is 562 g/mol. The van der Waals surface area contributed by atoms with E-state index in [-0.39, 0.29) is 5.70 Å². The van der Waals surface area contributed by atoms with Crippen molar-refractivity contribution in [3.8, 4) is 5.75 Å². The van der Waals surface area contributed by atoms with Crippen LogP contribution >= 0.6 is 43.5 Å². The third-order valence-electron chi connectivity index (χ3n) is 4.52. The molecular formula is C24H16Br2ClNO3. The van der Waals surface area contributed by atoms with Crippen LogP contribution in [0.1, 0.15) is 22.3 Å². The zero-order valence-corrected chi connectivity index (χ0v) is 20.3. The van der Waals surface area contributed by atoms with Crippen LogP contribution in [0.5, 0.6) is 5.75 Å². The van der Waals surface area contributed by atoms with Gasteiger partial charge in [-0.25, -0.2) is 9.79 Å². The summed E-state index contributed by atoms with van der Waals surface area (Å²) in [6.45, 7) is 2.37. The number of aryl methyl sites for hydroxylation is 1. The van der Waals surface area contributed by atoms with Gasteiger partial charge in [-0.3, -0.25) is 0 Å². The lowest BCUT2D eigenvalue weighted by atomic mass is 10.1. The Hall–Kier alpha value is -2.41. The summed E-state index contributed by atoms with van der Waals surface area (Å²) in [6.07, 6.45) is 1.68. The number of aliphatic imine (C=N–C) groups is 1. The van der Waals surface area contributed by atoms with Gasteiger partial charge in [-0.1, -0.05) is 41.4 Å². The van der Waals surface area contributed by atoms with E-state index in [0.717, 1.165) is 31.2 Å². The van der Waals surface area contributed by atoms with Crippen molar-refractivity contribution in [1.82, 2.24) is 0 Å². The number of ether oxygens (including phenoxy) is 2. The first-order chi connectivity index (χ1) is 14.9. The minimum Gasteiger partial charge on any atom is -0.487 e. The van der Waals surface area contributed by atoms with Crippen LogP contribution in [0.15, 0.2) is 80.3 Å². The fourth-order valence-corrected chi connectivity index (χ4v) is 4.63. The molecule has 4 nitrogen and oxygen atoms in total. The Morgan fingerprint density at radius 3 is 2.45 bits per heavy atom. The molecule has 0 aromatic heterocycles. The van der Waals surface area contributed by atoms with Crippen molar-refractivity contribution >= 4 is 61.4 Å². The quantitative estimate of drug-likeness (QED) is 0.247. The van der Waals surface area contributed by atoms with Crippen LogP contribution in [0.4, 0.5) is 0 Å². The maximum absolute atomic E-state index is 12.3. The number of halogens is 3. The first-order valence-electron chi connectivity index (χ1n) is 9.35. The summed E-state index contributed by atoms with van der Waals surface area (Å²) >= 11 is 13.1. The van der Waals surface area contributed by atoms with Gasteiger partial charge in [0.1, 0.15) is 12.4 Å². The minimum absolute atomic E-state index is 0.238. The van der Waals surface area contributed by atoms with Gasteiger partial charge in [0.25, 0.3) is 0 Å². The van der Waals surface area contributed by atoms with Gasteiger partial charge >= 0.3 is 5.97 Å². The standard InChI is InChI=1S/C24H16Br2ClNO3/c1-14-5-7-17(8-6-14)23-28-21(24(29)31-23)12-16-10-19(25)22(20(26)11-16)30-13-15-3-2-4-18(27)9-15/h2-12H,13H2,1H3/b21-12-. The van der Waals surface area contributed by atoms with E-state index in [1.54, 1.807) is 6.08 Å². The van der Waals surface area contributed by atoms with Crippen LogP contribution in [0.3, 0.4) is 0 Å². The average Bonchev–Trinajstić information content (AvgIpc) is 3.08. The summed E-state index contributed by atoms with van der Waals surface area (Å²) in [7, 11) is 0. The minimum atomic E-state index is -0.482. The van der Waals surface area contributed by atoms with E-state index in [1.165, 1.54) is 0 Å². The summed E-state index contributed by atoms with van der Waals surface area (Å²) in [6, 6.07) is 18.9. The molecule has 0 atom stereocenters. The van der Waals surface area contributed by atoms with Crippen LogP contribution in [0.25, 0.3) is 6.08 Å². The zero-order valence-electron chi connectivity index (χ0n) is 16.4. The van der Waals surface area contributed by atoms with E-state index in [9.17, 15) is 4.79 Å². The lowest BCUT2D eigenvalue weighted by Gasteiger charge is -2.11. The number of carbonyl (C=O) groups excluding carboxylic acids is 1. The molecule has 1 aliphatic heterocycles. The smallest absolute Gasteiger partial charge is 0.363 e. The highest BCUT2D eigenvalue weighted by molar-refractivity contribution is 9.11. The number of nitrogens with zero attached hydrogens (tertiary/aromatic N) is 1. The second-order valence-corrected chi connectivity index (χ2v) is 9.08. The number of rotatable bonds is 5. The van der Waals surface area contributed by atoms with E-state index in [2.05, 4.69) is 36.9 Å². The second-order valence-electron chi connectivity index (χ2n) is 6.93. The Balaban J connectivity index is 1.55. The number of hydrogen-bond donors (Lipinski definition) is 0. The van der Waals surface area contributed by atoms with E-state index in [1.807, 2.05) is 67.6 Å². The van der Waals surface area contributed by atoms with Crippen LogP contribution in [0, 0.1) is 6.92 Å². The molecule has 0 N–H and O–H groups in total. The molecule has 3 aromatic rings. The molecule has 1 heterocycles. The first-order valence-corrected chi connectivity index (χ1v) is 11.3. The zero-order chi connectivity index (χ0) is 22.0. The maximum Gasteiger partial charge on any atom is 0.363 e. The summed E-state index contributed by atoms with van der Waals surface area (Å²) in [5.41, 5.74) is 3.85. The van der Waals surface area contributed by atoms with E-state index in [0.29, 0.717) is 23.3 Å². The highest BCUT2D eigenvalue weighted by Crippen LogP contribution is 2.36. The number of cyclic esters (lactones) is 1. The molecule has 0 radical (unpaired) electrons. The second kappa shape index (κ2) is 9.39. The van der Waals surface area contributed by atoms with Crippen LogP contribution in [-0.2, 0) is 16.1 Å². The van der Waals surface area contributed by atoms with Crippen molar-refractivity contribution in [3.05, 3.63) is 103 Å². The molecule has 0 saturated carbocycles. The summed E-state index contributed by atoms with van der Waals surface area (Å²) in [4.78, 5) is 16.7. The Kier molecular flexibility index (Phi) is 6.60. The Labute approximate surface area is 201 Å². The fourth-order valence-electron chi connectivity index (χ4n) is 2.97. The van der Waals surface area contributed by atoms with Gasteiger partial charge in [-0.15, -0.1) is 0 Å². The van der Waals surface area contributed by atoms with Crippen LogP contribution in [0.2, 0.25) is 5.02 Å². The normalized spacial score (nSPS) is 14.5. The van der Waals surface area contributed by atoms with Gasteiger partial charge in [-0.2, -0.15) is 0 Å². The highest BCUT2D eigenvalue weighted by Gasteiger charge is 2.24. The first kappa shape index (κ1) is 21.8. The predicted octanol–water partition coefficient (Wildman–Crippen LogP) is 7.10. The molecule has 0 spiro atoms. The third kappa shape index (κ3) is 5.26. The third-order valence-corrected chi connectivity index (χ3v) is 5.93. The molecule has 0 fully saturated rings. The molecule has 0 saturated heterocycles. The summed E-state index contributed by atoms with van der Waals surface area (Å²) in [5.74, 6) is 0.472. The molecule has 0 aliphatic carbocycles. The monoisotopic (exact) mass is 559 g/mol. The van der Waals surface area contributed by atoms with E-state index in [4.69, 9.17) is 21.1 Å². The molecule has 0 bridgehead atoms. The summed E-state index contributed by atoms with van der Waals surface area (Å²) < 4.78 is 12.8. The van der Waals surface area contributed by atoms with Crippen molar-refractivity contribution in [2.24, 2.45) is 4.99 Å². The van der Waals surface area contributed by atoms with Gasteiger partial charge in [-0.05, 0) is 92.4 Å². The van der Waals surface area contributed by atoms with E-state index >= 15 is 0 Å². The molecule has 4 rings (SSSR count). The summed E-state index contributed by atoms with van der Waals surface area (Å²) in [5, 5.41) is 0.662. The molecule has 3 aromatic carbocycles. The van der Waals surface area contributed by atoms with Crippen molar-refractivity contribution in [2.45, 2.75) is 13.5 Å². The predicted molar refractivity (Wildman–Crippen MR) is 129 cm³/mol. The topological polar surface area (TPSA) is 47.9 Å². The number of benzene rings is 3. The SMILES string of the molecule is Cc1ccc(C2=N/C(=C\c3cc(Br)c(OCc4cccc(Cl)c4)c(Br)c3)C(=O)O2)cc1. The van der Waals surface area contributed by atoms with Crippen molar-refractivity contribution in [3.63, 3.8) is 0 Å². The molecule has 0 amide bonds. The molecular weight excluding hydrogens is 546 g/mol. The van der Waals surface area contributed by atoms with Crippen LogP contribution in [-0.4, -0.2) is 11.9 Å². The molecule has 31 heavy (non-hydrogen) atoms. The number of esters is 1. The lowest BCUT2D eigenvalue weighted by molar-refractivity contribution is -0.129. The number of carbonyl (C=O) groups is 1.